The van der Waals surface area contributed by atoms with Gasteiger partial charge in [0.2, 0.25) is 0 Å². The molecule has 1 aromatic carbocycles. The van der Waals surface area contributed by atoms with Gasteiger partial charge in [0, 0.05) is 17.2 Å². The predicted molar refractivity (Wildman–Crippen MR) is 98.2 cm³/mol. The van der Waals surface area contributed by atoms with Gasteiger partial charge in [-0.05, 0) is 18.4 Å². The van der Waals surface area contributed by atoms with Gasteiger partial charge >= 0.3 is 0 Å². The van der Waals surface area contributed by atoms with Crippen LogP contribution in [0.1, 0.15) is 68.9 Å². The summed E-state index contributed by atoms with van der Waals surface area (Å²) in [4.78, 5) is 4.49. The Morgan fingerprint density at radius 3 is 2.41 bits per heavy atom. The lowest BCUT2D eigenvalue weighted by Gasteiger charge is -2.05. The first-order valence-electron chi connectivity index (χ1n) is 8.57. The highest BCUT2D eigenvalue weighted by atomic mass is 32.1. The Labute approximate surface area is 139 Å². The molecular formula is C20H27NS. The lowest BCUT2D eigenvalue weighted by molar-refractivity contribution is 0.592. The molecule has 1 nitrogen and oxygen atoms in total. The average molecular weight is 314 g/mol. The van der Waals surface area contributed by atoms with E-state index in [0.29, 0.717) is 0 Å². The van der Waals surface area contributed by atoms with Gasteiger partial charge in [-0.25, -0.2) is 4.98 Å². The van der Waals surface area contributed by atoms with Crippen molar-refractivity contribution in [2.45, 2.75) is 58.3 Å². The van der Waals surface area contributed by atoms with Crippen LogP contribution in [0, 0.1) is 0 Å². The number of benzene rings is 1. The van der Waals surface area contributed by atoms with Crippen LogP contribution in [-0.2, 0) is 0 Å². The summed E-state index contributed by atoms with van der Waals surface area (Å²) in [5, 5.41) is 3.19. The fourth-order valence-corrected chi connectivity index (χ4v) is 3.35. The summed E-state index contributed by atoms with van der Waals surface area (Å²) in [6, 6.07) is 10.6. The summed E-state index contributed by atoms with van der Waals surface area (Å²) < 4.78 is 0. The molecule has 0 amide bonds. The number of hydrogen-bond acceptors (Lipinski definition) is 2. The van der Waals surface area contributed by atoms with Crippen molar-refractivity contribution < 1.29 is 0 Å². The fourth-order valence-electron chi connectivity index (χ4n) is 2.65. The third-order valence-electron chi connectivity index (χ3n) is 3.90. The summed E-state index contributed by atoms with van der Waals surface area (Å²) in [6.07, 6.45) is 15.0. The van der Waals surface area contributed by atoms with Gasteiger partial charge in [-0.2, -0.15) is 0 Å². The van der Waals surface area contributed by atoms with Crippen LogP contribution in [-0.4, -0.2) is 4.98 Å². The molecular weight excluding hydrogens is 286 g/mol. The first-order valence-corrected chi connectivity index (χ1v) is 9.45. The minimum Gasteiger partial charge on any atom is -0.245 e. The third-order valence-corrected chi connectivity index (χ3v) is 4.71. The van der Waals surface area contributed by atoms with E-state index in [1.165, 1.54) is 56.1 Å². The summed E-state index contributed by atoms with van der Waals surface area (Å²) >= 11 is 1.72. The molecule has 0 saturated heterocycles. The molecule has 22 heavy (non-hydrogen) atoms. The van der Waals surface area contributed by atoms with E-state index < -0.39 is 0 Å². The average Bonchev–Trinajstić information content (AvgIpc) is 3.08. The maximum Gasteiger partial charge on any atom is 0.123 e. The van der Waals surface area contributed by atoms with Crippen LogP contribution >= 0.6 is 11.3 Å². The van der Waals surface area contributed by atoms with Crippen LogP contribution in [0.4, 0.5) is 0 Å². The number of nitrogens with zero attached hydrogens (tertiary/aromatic N) is 1. The molecule has 0 atom stereocenters. The Morgan fingerprint density at radius 2 is 1.73 bits per heavy atom. The molecule has 1 aromatic heterocycles. The van der Waals surface area contributed by atoms with Crippen molar-refractivity contribution >= 4 is 16.9 Å². The van der Waals surface area contributed by atoms with E-state index in [2.05, 4.69) is 53.7 Å². The maximum atomic E-state index is 4.49. The molecule has 0 fully saturated rings. The highest BCUT2D eigenvalue weighted by Gasteiger charge is 2.06. The molecule has 0 N–H and O–H groups in total. The lowest BCUT2D eigenvalue weighted by atomic mass is 10.0. The van der Waals surface area contributed by atoms with Crippen molar-refractivity contribution in [3.05, 3.63) is 58.6 Å². The third kappa shape index (κ3) is 5.76. The van der Waals surface area contributed by atoms with Gasteiger partial charge in [-0.1, -0.05) is 81.9 Å². The fraction of sp³-hybridized carbons (Fsp3) is 0.450. The van der Waals surface area contributed by atoms with Gasteiger partial charge < -0.3 is 0 Å². The Kier molecular flexibility index (Phi) is 7.97. The number of unbranched alkanes of at least 4 members (excludes halogenated alkanes) is 7. The van der Waals surface area contributed by atoms with Gasteiger partial charge in [-0.3, -0.25) is 0 Å². The van der Waals surface area contributed by atoms with Gasteiger partial charge in [0.15, 0.2) is 0 Å². The summed E-state index contributed by atoms with van der Waals surface area (Å²) in [5.41, 5.74) is 2.57. The Hall–Kier alpha value is -1.41. The zero-order valence-corrected chi connectivity index (χ0v) is 14.4. The number of aromatic nitrogens is 1. The number of thiazole rings is 1. The summed E-state index contributed by atoms with van der Waals surface area (Å²) in [6.45, 7) is 2.27. The Morgan fingerprint density at radius 1 is 1.00 bits per heavy atom. The van der Waals surface area contributed by atoms with Gasteiger partial charge in [0.25, 0.3) is 0 Å². The van der Waals surface area contributed by atoms with Crippen molar-refractivity contribution in [1.82, 2.24) is 4.98 Å². The predicted octanol–water partition coefficient (Wildman–Crippen LogP) is 6.72. The molecule has 0 radical (unpaired) electrons. The van der Waals surface area contributed by atoms with Crippen LogP contribution in [0.5, 0.6) is 0 Å². The van der Waals surface area contributed by atoms with Crippen molar-refractivity contribution in [2.24, 2.45) is 0 Å². The molecule has 2 rings (SSSR count). The second-order valence-electron chi connectivity index (χ2n) is 5.73. The van der Waals surface area contributed by atoms with Crippen molar-refractivity contribution in [3.8, 4) is 0 Å². The number of rotatable bonds is 10. The van der Waals surface area contributed by atoms with Crippen LogP contribution in [0.2, 0.25) is 0 Å². The van der Waals surface area contributed by atoms with E-state index in [4.69, 9.17) is 0 Å². The molecule has 0 aliphatic rings. The number of hydrogen-bond donors (Lipinski definition) is 0. The maximum absolute atomic E-state index is 4.49. The van der Waals surface area contributed by atoms with Gasteiger partial charge in [-0.15, -0.1) is 11.3 Å². The molecule has 0 aliphatic carbocycles. The standard InChI is InChI=1S/C20H27NS/c1-2-3-4-5-6-7-8-12-15-19(20-21-16-17-22-20)18-13-10-9-11-14-18/h9-11,13-17H,2-8,12H2,1H3. The molecule has 0 saturated carbocycles. The molecule has 0 aliphatic heterocycles. The quantitative estimate of drug-likeness (QED) is 0.444. The van der Waals surface area contributed by atoms with Crippen molar-refractivity contribution in [3.63, 3.8) is 0 Å². The van der Waals surface area contributed by atoms with Crippen molar-refractivity contribution in [2.75, 3.05) is 0 Å². The second kappa shape index (κ2) is 10.3. The van der Waals surface area contributed by atoms with E-state index in [9.17, 15) is 0 Å². The van der Waals surface area contributed by atoms with Crippen molar-refractivity contribution in [1.29, 1.82) is 0 Å². The Balaban J connectivity index is 1.85. The first kappa shape index (κ1) is 17.0. The zero-order valence-electron chi connectivity index (χ0n) is 13.6. The van der Waals surface area contributed by atoms with Gasteiger partial charge in [0.1, 0.15) is 5.01 Å². The monoisotopic (exact) mass is 313 g/mol. The molecule has 0 spiro atoms. The Bertz CT molecular complexity index is 528. The largest absolute Gasteiger partial charge is 0.245 e. The number of allylic oxidation sites excluding steroid dienone is 1. The van der Waals surface area contributed by atoms with Crippen LogP contribution in [0.3, 0.4) is 0 Å². The molecule has 118 valence electrons. The minimum absolute atomic E-state index is 1.13. The SMILES string of the molecule is CCCCCCCCCC=C(c1ccccc1)c1nccs1. The lowest BCUT2D eigenvalue weighted by Crippen LogP contribution is -1.87. The smallest absolute Gasteiger partial charge is 0.123 e. The molecule has 0 bridgehead atoms. The van der Waals surface area contributed by atoms with E-state index in [0.717, 1.165) is 11.4 Å². The summed E-state index contributed by atoms with van der Waals surface area (Å²) in [7, 11) is 0. The van der Waals surface area contributed by atoms with Crippen LogP contribution in [0.25, 0.3) is 5.57 Å². The highest BCUT2D eigenvalue weighted by Crippen LogP contribution is 2.26. The van der Waals surface area contributed by atoms with E-state index >= 15 is 0 Å². The molecule has 2 aromatic rings. The van der Waals surface area contributed by atoms with Gasteiger partial charge in [0.05, 0.1) is 0 Å². The van der Waals surface area contributed by atoms with Crippen LogP contribution < -0.4 is 0 Å². The van der Waals surface area contributed by atoms with E-state index in [1.54, 1.807) is 11.3 Å². The van der Waals surface area contributed by atoms with Crippen LogP contribution in [0.15, 0.2) is 48.0 Å². The summed E-state index contributed by atoms with van der Waals surface area (Å²) in [5.74, 6) is 0. The molecule has 1 heterocycles. The molecule has 2 heteroatoms. The first-order chi connectivity index (χ1) is 10.9. The van der Waals surface area contributed by atoms with E-state index in [1.807, 2.05) is 6.20 Å². The topological polar surface area (TPSA) is 12.9 Å². The normalized spacial score (nSPS) is 11.8. The van der Waals surface area contributed by atoms with E-state index in [-0.39, 0.29) is 0 Å². The molecule has 0 unspecified atom stereocenters. The second-order valence-corrected chi connectivity index (χ2v) is 6.63. The minimum atomic E-state index is 1.13. The zero-order chi connectivity index (χ0) is 15.5. The highest BCUT2D eigenvalue weighted by molar-refractivity contribution is 7.10.